The van der Waals surface area contributed by atoms with Crippen molar-refractivity contribution in [1.82, 2.24) is 39.6 Å². The van der Waals surface area contributed by atoms with Gasteiger partial charge >= 0.3 is 28.5 Å². The monoisotopic (exact) mass is 1370 g/mol. The number of aliphatic hydroxyl groups excluding tert-OH is 1. The number of amides is 3. The third-order valence-corrected chi connectivity index (χ3v) is 21.5. The Labute approximate surface area is 529 Å². The third kappa shape index (κ3) is 13.6. The second-order valence-electron chi connectivity index (χ2n) is 22.2. The molecule has 4 aliphatic heterocycles. The number of nitrogens with two attached hydrogens (primary N) is 1. The molecular weight excluding hydrogens is 1310 g/mol. The van der Waals surface area contributed by atoms with E-state index < -0.39 is 71.4 Å². The summed E-state index contributed by atoms with van der Waals surface area (Å²) in [6.07, 6.45) is -0.968. The first kappa shape index (κ1) is 67.3. The predicted molar refractivity (Wildman–Crippen MR) is 334 cm³/mol. The topological polar surface area (TPSA) is 345 Å². The van der Waals surface area contributed by atoms with Crippen LogP contribution in [-0.4, -0.2) is 143 Å². The van der Waals surface area contributed by atoms with Gasteiger partial charge in [-0.15, -0.1) is 0 Å². The van der Waals surface area contributed by atoms with Gasteiger partial charge in [-0.25, -0.2) is 37.8 Å². The second-order valence-corrected chi connectivity index (χ2v) is 29.5. The number of nitrogens with one attached hydrogen (secondary N) is 2. The van der Waals surface area contributed by atoms with E-state index in [9.17, 15) is 43.4 Å². The van der Waals surface area contributed by atoms with Crippen LogP contribution in [0.2, 0.25) is 20.1 Å². The number of carbonyl (C=O) groups is 3. The lowest BCUT2D eigenvalue weighted by molar-refractivity contribution is -0.121. The Hall–Kier alpha value is -5.12. The number of aromatic nitrogens is 4. The van der Waals surface area contributed by atoms with Crippen LogP contribution in [0.4, 0.5) is 16.3 Å². The van der Waals surface area contributed by atoms with E-state index in [1.165, 1.54) is 15.8 Å². The molecule has 2 aromatic heterocycles. The van der Waals surface area contributed by atoms with Crippen LogP contribution < -0.4 is 41.2 Å². The number of fused-ring (bicyclic) bond motifs is 5. The molecule has 34 heteroatoms. The fraction of sp³-hybridized carbons (Fsp3) is 0.426. The molecule has 474 valence electrons. The van der Waals surface area contributed by atoms with Crippen LogP contribution in [0.1, 0.15) is 107 Å². The van der Waals surface area contributed by atoms with E-state index >= 15 is 4.79 Å². The summed E-state index contributed by atoms with van der Waals surface area (Å²) >= 11 is 32.4. The lowest BCUT2D eigenvalue weighted by atomic mass is 9.83. The van der Waals surface area contributed by atoms with E-state index in [-0.39, 0.29) is 91.8 Å². The van der Waals surface area contributed by atoms with Crippen molar-refractivity contribution in [2.75, 3.05) is 57.0 Å². The average Bonchev–Trinajstić information content (AvgIpc) is 0.997. The highest BCUT2D eigenvalue weighted by Crippen LogP contribution is 2.66. The molecule has 0 spiro atoms. The van der Waals surface area contributed by atoms with Crippen LogP contribution in [0.15, 0.2) is 49.1 Å². The van der Waals surface area contributed by atoms with E-state index in [1.54, 1.807) is 7.05 Å². The summed E-state index contributed by atoms with van der Waals surface area (Å²) in [4.78, 5) is 95.8. The highest BCUT2D eigenvalue weighted by molar-refractivity contribution is 8.08. The van der Waals surface area contributed by atoms with Crippen LogP contribution in [0.5, 0.6) is 11.5 Å². The fourth-order valence-electron chi connectivity index (χ4n) is 11.6. The molecule has 0 aliphatic carbocycles. The van der Waals surface area contributed by atoms with Crippen molar-refractivity contribution in [2.24, 2.45) is 0 Å². The average molecular weight is 1380 g/mol. The number of hydrogen-bond acceptors (Lipinski definition) is 18. The Bertz CT molecular complexity index is 4070. The van der Waals surface area contributed by atoms with Crippen molar-refractivity contribution in [3.63, 3.8) is 0 Å². The number of phosphoric ester groups is 1. The van der Waals surface area contributed by atoms with E-state index in [2.05, 4.69) is 135 Å². The highest BCUT2D eigenvalue weighted by Gasteiger charge is 2.50. The van der Waals surface area contributed by atoms with Gasteiger partial charge in [-0.2, -0.15) is 4.31 Å². The molecular formula is C54H64Cl4N10O16P3S+. The normalized spacial score (nSPS) is 20.5. The van der Waals surface area contributed by atoms with Gasteiger partial charge in [0.1, 0.15) is 42.1 Å². The lowest BCUT2D eigenvalue weighted by Gasteiger charge is -2.43. The number of imidazole rings is 1. The van der Waals surface area contributed by atoms with E-state index in [1.807, 2.05) is 12.1 Å². The lowest BCUT2D eigenvalue weighted by Crippen LogP contribution is -2.49. The summed E-state index contributed by atoms with van der Waals surface area (Å²) in [6.45, 7) is 12.2. The number of anilines is 2. The van der Waals surface area contributed by atoms with E-state index in [0.717, 1.165) is 39.6 Å². The van der Waals surface area contributed by atoms with Crippen LogP contribution in [0.3, 0.4) is 0 Å². The summed E-state index contributed by atoms with van der Waals surface area (Å²) in [5, 5.41) is 17.8. The minimum absolute atomic E-state index is 0.0108. The van der Waals surface area contributed by atoms with Crippen molar-refractivity contribution >= 4 is 138 Å². The zero-order chi connectivity index (χ0) is 64.5. The second kappa shape index (κ2) is 25.5. The molecule has 0 bridgehead atoms. The highest BCUT2D eigenvalue weighted by atomic mass is 35.5. The molecule has 0 saturated carbocycles. The zero-order valence-electron chi connectivity index (χ0n) is 48.8. The van der Waals surface area contributed by atoms with Crippen molar-refractivity contribution in [2.45, 2.75) is 104 Å². The molecule has 2 unspecified atom stereocenters. The largest absolute Gasteiger partial charge is 0.488 e. The van der Waals surface area contributed by atoms with Crippen LogP contribution in [-0.2, 0) is 48.4 Å². The standard InChI is InChI=1S/C54H63Cl4N10O16P3S/c1-10-67-32-19-34-30(17-28(32)26(3)21-53(67,5)6)38(31-18-29-27(4)22-54(7,8)68(11-2)33(29)20-35(31)80-34)39-40(42(56)44(58)43(57)41(39)55)50(71)65(9)16-12-13-37(69)60-14-15-61-52(72)82-47-46(70)36(23-79-85(73,74)83-86(75,76)84-87(77,78)88)81-51(47)66-25-64-45-48(59)62-24-63-49(45)66/h17-22,24-25,36,46-47,51,70H,10-16,23H2,1-9H3,(H7-,59,60,61,62,63,69,72,73,74,75,76,77,78,88)/p+1/t36-,46-,47-,51-/m1/s1. The van der Waals surface area contributed by atoms with Crippen LogP contribution in [0.25, 0.3) is 27.9 Å². The van der Waals surface area contributed by atoms with Crippen LogP contribution in [0, 0.1) is 0 Å². The maximum absolute atomic E-state index is 15.1. The Morgan fingerprint density at radius 2 is 1.56 bits per heavy atom. The van der Waals surface area contributed by atoms with Crippen LogP contribution >= 0.6 is 68.8 Å². The van der Waals surface area contributed by atoms with Gasteiger partial charge in [-0.05, 0) is 89.1 Å². The molecule has 26 nitrogen and oxygen atoms in total. The van der Waals surface area contributed by atoms with E-state index in [4.69, 9.17) is 70.9 Å². The minimum atomic E-state index is -5.69. The Balaban J connectivity index is 0.905. The molecule has 9 N–H and O–H groups in total. The molecule has 6 heterocycles. The summed E-state index contributed by atoms with van der Waals surface area (Å²) in [5.74, 6) is -0.0145. The molecule has 5 aromatic rings. The number of phosphoric acid groups is 2. The number of aliphatic hydroxyl groups is 1. The Kier molecular flexibility index (Phi) is 19.5. The van der Waals surface area contributed by atoms with Gasteiger partial charge in [-0.1, -0.05) is 52.5 Å². The summed E-state index contributed by atoms with van der Waals surface area (Å²) in [5.41, 5.74) is 11.8. The first-order chi connectivity index (χ1) is 41.1. The SMILES string of the molecule is CCN1c2cc3c(cc2C(C)=CC1(C)C)C(c1c(Cl)c(Cl)c(Cl)c(Cl)c1C(=O)N(C)CCCC(=O)NCCNC(=O)O[C@@H]1[C@H](O)[C@@H](COP(=O)(O)OP(=O)(O)OP(O)(O)=S)O[C@H]1n1cnc2c(N)ncnc21)=c1cc2c(cc1O3)=[N+](CC)C(C)(C)C=C2C. The molecule has 6 atom stereocenters. The number of hydrogen-bond donors (Lipinski definition) is 8. The van der Waals surface area contributed by atoms with Crippen molar-refractivity contribution < 1.29 is 75.5 Å². The van der Waals surface area contributed by atoms with Crippen molar-refractivity contribution in [1.29, 1.82) is 0 Å². The predicted octanol–water partition coefficient (Wildman–Crippen LogP) is 7.58. The van der Waals surface area contributed by atoms with Crippen molar-refractivity contribution in [3.05, 3.63) is 108 Å². The van der Waals surface area contributed by atoms with Gasteiger partial charge in [-0.3, -0.25) is 18.7 Å². The van der Waals surface area contributed by atoms with Crippen molar-refractivity contribution in [3.8, 4) is 11.5 Å². The van der Waals surface area contributed by atoms with Gasteiger partial charge < -0.3 is 65.1 Å². The molecule has 0 radical (unpaired) electrons. The summed E-state index contributed by atoms with van der Waals surface area (Å²) in [7, 11) is -9.73. The maximum Gasteiger partial charge on any atom is 0.488 e. The number of nitrogens with zero attached hydrogens (tertiary/aromatic N) is 7. The third-order valence-electron chi connectivity index (χ3n) is 15.3. The first-order valence-electron chi connectivity index (χ1n) is 27.3. The Morgan fingerprint density at radius 3 is 2.24 bits per heavy atom. The quantitative estimate of drug-likeness (QED) is 0.0120. The molecule has 1 fully saturated rings. The van der Waals surface area contributed by atoms with Gasteiger partial charge in [0.15, 0.2) is 29.3 Å². The molecule has 4 aliphatic rings. The minimum Gasteiger partial charge on any atom is -0.456 e. The number of nitrogen functional groups attached to an aromatic ring is 1. The summed E-state index contributed by atoms with van der Waals surface area (Å²) in [6, 6.07) is 8.17. The number of halogens is 4. The number of ether oxygens (including phenoxy) is 3. The zero-order valence-corrected chi connectivity index (χ0v) is 55.3. The first-order valence-corrected chi connectivity index (χ1v) is 34.5. The van der Waals surface area contributed by atoms with Gasteiger partial charge in [0, 0.05) is 98.3 Å². The fourth-order valence-corrected chi connectivity index (χ4v) is 16.5. The van der Waals surface area contributed by atoms with Gasteiger partial charge in [0.25, 0.3) is 5.91 Å². The summed E-state index contributed by atoms with van der Waals surface area (Å²) < 4.78 is 59.3. The number of likely N-dealkylation sites (N-methyl/N-ethyl adjacent to an activating group) is 2. The number of carbonyl (C=O) groups excluding carboxylic acids is 3. The van der Waals surface area contributed by atoms with E-state index in [0.29, 0.717) is 40.9 Å². The number of allylic oxidation sites excluding steroid dienone is 2. The molecule has 88 heavy (non-hydrogen) atoms. The maximum atomic E-state index is 15.1. The molecule has 3 aromatic carbocycles. The molecule has 1 saturated heterocycles. The van der Waals surface area contributed by atoms with Gasteiger partial charge in [0.2, 0.25) is 11.3 Å². The molecule has 9 rings (SSSR count). The molecule has 3 amide bonds. The van der Waals surface area contributed by atoms with Gasteiger partial charge in [0.05, 0.1) is 50.2 Å². The number of rotatable bonds is 20. The smallest absolute Gasteiger partial charge is 0.456 e. The number of benzene rings is 3. The number of alkyl carbamates (subject to hydrolysis) is 1. The Morgan fingerprint density at radius 1 is 0.875 bits per heavy atom.